The lowest BCUT2D eigenvalue weighted by Crippen LogP contribution is -2.23. The molecule has 0 saturated heterocycles. The highest BCUT2D eigenvalue weighted by atomic mass is 16.5. The lowest BCUT2D eigenvalue weighted by atomic mass is 9.97. The number of ether oxygens (including phenoxy) is 1. The molecule has 122 valence electrons. The Balaban J connectivity index is 2.26. The van der Waals surface area contributed by atoms with Crippen molar-refractivity contribution < 1.29 is 9.53 Å². The molecule has 2 rings (SSSR count). The molecule has 2 N–H and O–H groups in total. The second kappa shape index (κ2) is 7.68. The monoisotopic (exact) mass is 313 g/mol. The Hall–Kier alpha value is -2.48. The van der Waals surface area contributed by atoms with Gasteiger partial charge >= 0.3 is 5.97 Å². The Morgan fingerprint density at radius 3 is 2.74 bits per heavy atom. The minimum Gasteiger partial charge on any atom is -0.466 e. The van der Waals surface area contributed by atoms with Gasteiger partial charge in [-0.2, -0.15) is 5.26 Å². The van der Waals surface area contributed by atoms with E-state index in [4.69, 9.17) is 10.00 Å². The predicted molar refractivity (Wildman–Crippen MR) is 90.8 cm³/mol. The van der Waals surface area contributed by atoms with Gasteiger partial charge in [0.15, 0.2) is 0 Å². The maximum atomic E-state index is 11.8. The van der Waals surface area contributed by atoms with Crippen LogP contribution in [0.5, 0.6) is 0 Å². The van der Waals surface area contributed by atoms with Gasteiger partial charge < -0.3 is 15.4 Å². The van der Waals surface area contributed by atoms with Gasteiger partial charge in [-0.05, 0) is 31.5 Å². The largest absolute Gasteiger partial charge is 0.466 e. The molecule has 0 spiro atoms. The molecular formula is C18H23N3O2. The zero-order chi connectivity index (χ0) is 16.8. The number of carbonyl (C=O) groups excluding carboxylic acids is 1. The van der Waals surface area contributed by atoms with E-state index in [-0.39, 0.29) is 11.9 Å². The highest BCUT2D eigenvalue weighted by Crippen LogP contribution is 2.35. The number of esters is 1. The molecule has 0 aromatic heterocycles. The molecule has 1 atom stereocenters. The Morgan fingerprint density at radius 2 is 2.09 bits per heavy atom. The summed E-state index contributed by atoms with van der Waals surface area (Å²) >= 11 is 0. The fourth-order valence-corrected chi connectivity index (χ4v) is 2.72. The highest BCUT2D eigenvalue weighted by molar-refractivity contribution is 5.78. The smallest absolute Gasteiger partial charge is 0.306 e. The predicted octanol–water partition coefficient (Wildman–Crippen LogP) is 4.00. The van der Waals surface area contributed by atoms with E-state index in [1.165, 1.54) is 0 Å². The molecule has 1 heterocycles. The fourth-order valence-electron chi connectivity index (χ4n) is 2.72. The van der Waals surface area contributed by atoms with Crippen LogP contribution in [0.4, 0.5) is 11.4 Å². The molecule has 5 nitrogen and oxygen atoms in total. The molecule has 1 aliphatic rings. The van der Waals surface area contributed by atoms with Gasteiger partial charge in [0.25, 0.3) is 0 Å². The van der Waals surface area contributed by atoms with Crippen LogP contribution in [-0.4, -0.2) is 12.6 Å². The van der Waals surface area contributed by atoms with Crippen molar-refractivity contribution in [3.05, 3.63) is 35.2 Å². The Bertz CT molecular complexity index is 659. The molecule has 0 saturated carbocycles. The summed E-state index contributed by atoms with van der Waals surface area (Å²) < 4.78 is 5.05. The summed E-state index contributed by atoms with van der Waals surface area (Å²) in [6.07, 6.45) is 2.23. The van der Waals surface area contributed by atoms with Crippen molar-refractivity contribution in [2.45, 2.75) is 40.0 Å². The van der Waals surface area contributed by atoms with E-state index < -0.39 is 0 Å². The summed E-state index contributed by atoms with van der Waals surface area (Å²) in [5, 5.41) is 15.9. The molecule has 23 heavy (non-hydrogen) atoms. The molecule has 0 bridgehead atoms. The normalized spacial score (nSPS) is 14.2. The van der Waals surface area contributed by atoms with E-state index in [1.807, 2.05) is 26.0 Å². The topological polar surface area (TPSA) is 74.1 Å². The van der Waals surface area contributed by atoms with Crippen LogP contribution in [0.3, 0.4) is 0 Å². The first-order valence-electron chi connectivity index (χ1n) is 8.05. The number of carbonyl (C=O) groups is 1. The van der Waals surface area contributed by atoms with Crippen molar-refractivity contribution in [3.63, 3.8) is 0 Å². The van der Waals surface area contributed by atoms with Crippen molar-refractivity contribution in [1.29, 1.82) is 5.26 Å². The van der Waals surface area contributed by atoms with Crippen LogP contribution in [0.2, 0.25) is 0 Å². The van der Waals surface area contributed by atoms with Crippen LogP contribution in [0.25, 0.3) is 0 Å². The first-order valence-corrected chi connectivity index (χ1v) is 8.05. The minimum atomic E-state index is -0.193. The number of benzene rings is 1. The third kappa shape index (κ3) is 4.04. The van der Waals surface area contributed by atoms with Crippen molar-refractivity contribution in [3.8, 4) is 6.07 Å². The third-order valence-electron chi connectivity index (χ3n) is 3.80. The molecular weight excluding hydrogens is 290 g/mol. The quantitative estimate of drug-likeness (QED) is 0.777. The van der Waals surface area contributed by atoms with Crippen LogP contribution in [0.1, 0.15) is 45.6 Å². The molecule has 5 heteroatoms. The van der Waals surface area contributed by atoms with E-state index in [2.05, 4.69) is 23.6 Å². The Kier molecular flexibility index (Phi) is 5.64. The van der Waals surface area contributed by atoms with Crippen molar-refractivity contribution in [2.24, 2.45) is 5.92 Å². The highest BCUT2D eigenvalue weighted by Gasteiger charge is 2.23. The number of hydrogen-bond acceptors (Lipinski definition) is 5. The molecule has 0 unspecified atom stereocenters. The summed E-state index contributed by atoms with van der Waals surface area (Å²) in [7, 11) is 0. The third-order valence-corrected chi connectivity index (χ3v) is 3.80. The lowest BCUT2D eigenvalue weighted by Gasteiger charge is -2.29. The number of rotatable bonds is 6. The first kappa shape index (κ1) is 16.9. The maximum absolute atomic E-state index is 11.8. The summed E-state index contributed by atoms with van der Waals surface area (Å²) in [4.78, 5) is 11.8. The molecule has 1 aromatic carbocycles. The van der Waals surface area contributed by atoms with Gasteiger partial charge in [-0.1, -0.05) is 20.3 Å². The number of nitriles is 1. The standard InChI is InChI=1S/C18H23N3O2/c1-4-6-15-18(12(3)9-17(22)23-5-2)21-16-10-13(11-19)7-8-14(16)20-15/h7-8,10,12,20-21H,4-6,9H2,1-3H3/t12-/m1/s1. The van der Waals surface area contributed by atoms with E-state index in [1.54, 1.807) is 6.07 Å². The Morgan fingerprint density at radius 1 is 1.30 bits per heavy atom. The number of fused-ring (bicyclic) bond motifs is 1. The van der Waals surface area contributed by atoms with E-state index in [0.29, 0.717) is 18.6 Å². The van der Waals surface area contributed by atoms with Crippen molar-refractivity contribution in [2.75, 3.05) is 17.2 Å². The van der Waals surface area contributed by atoms with Crippen LogP contribution in [-0.2, 0) is 9.53 Å². The molecule has 1 aliphatic heterocycles. The number of hydrogen-bond donors (Lipinski definition) is 2. The van der Waals surface area contributed by atoms with Crippen LogP contribution >= 0.6 is 0 Å². The van der Waals surface area contributed by atoms with Crippen molar-refractivity contribution in [1.82, 2.24) is 0 Å². The van der Waals surface area contributed by atoms with Crippen LogP contribution in [0.15, 0.2) is 29.6 Å². The van der Waals surface area contributed by atoms with Gasteiger partial charge in [0.05, 0.1) is 36.0 Å². The first-order chi connectivity index (χ1) is 11.1. The van der Waals surface area contributed by atoms with Crippen molar-refractivity contribution >= 4 is 17.3 Å². The fraction of sp³-hybridized carbons (Fsp3) is 0.444. The second-order valence-electron chi connectivity index (χ2n) is 5.67. The number of anilines is 2. The molecule has 1 aromatic rings. The number of nitrogens with zero attached hydrogens (tertiary/aromatic N) is 1. The van der Waals surface area contributed by atoms with E-state index >= 15 is 0 Å². The summed E-state index contributed by atoms with van der Waals surface area (Å²) in [5.41, 5.74) is 4.53. The van der Waals surface area contributed by atoms with Gasteiger partial charge in [-0.25, -0.2) is 0 Å². The second-order valence-corrected chi connectivity index (χ2v) is 5.67. The van der Waals surface area contributed by atoms with Gasteiger partial charge in [0.1, 0.15) is 0 Å². The van der Waals surface area contributed by atoms with Gasteiger partial charge in [-0.15, -0.1) is 0 Å². The number of allylic oxidation sites excluding steroid dienone is 2. The average Bonchev–Trinajstić information content (AvgIpc) is 2.54. The zero-order valence-corrected chi connectivity index (χ0v) is 13.9. The van der Waals surface area contributed by atoms with Gasteiger partial charge in [0, 0.05) is 17.3 Å². The molecule has 0 radical (unpaired) electrons. The molecule has 0 fully saturated rings. The van der Waals surface area contributed by atoms with Gasteiger partial charge in [-0.3, -0.25) is 4.79 Å². The molecule has 0 amide bonds. The van der Waals surface area contributed by atoms with Crippen LogP contribution in [0, 0.1) is 17.2 Å². The summed E-state index contributed by atoms with van der Waals surface area (Å²) in [5.74, 6) is -0.177. The SMILES string of the molecule is CCCC1=C([C@H](C)CC(=O)OCC)Nc2cc(C#N)ccc2N1. The van der Waals surface area contributed by atoms with Gasteiger partial charge in [0.2, 0.25) is 0 Å². The zero-order valence-electron chi connectivity index (χ0n) is 13.9. The average molecular weight is 313 g/mol. The lowest BCUT2D eigenvalue weighted by molar-refractivity contribution is -0.143. The minimum absolute atomic E-state index is 0.0157. The summed E-state index contributed by atoms with van der Waals surface area (Å²) in [6, 6.07) is 7.67. The van der Waals surface area contributed by atoms with E-state index in [9.17, 15) is 4.79 Å². The molecule has 0 aliphatic carbocycles. The van der Waals surface area contributed by atoms with Crippen LogP contribution < -0.4 is 10.6 Å². The Labute approximate surface area is 137 Å². The maximum Gasteiger partial charge on any atom is 0.306 e. The summed E-state index contributed by atoms with van der Waals surface area (Å²) in [6.45, 7) is 6.34. The number of nitrogens with one attached hydrogen (secondary N) is 2. The van der Waals surface area contributed by atoms with E-state index in [0.717, 1.165) is 35.6 Å².